The van der Waals surface area contributed by atoms with Gasteiger partial charge in [-0.3, -0.25) is 4.79 Å². The van der Waals surface area contributed by atoms with E-state index in [1.54, 1.807) is 0 Å². The highest BCUT2D eigenvalue weighted by Crippen LogP contribution is 2.28. The zero-order valence-corrected chi connectivity index (χ0v) is 17.4. The SMILES string of the molecule is Cc1cc(C(C)NC(=O)c2ccccc2CSc2nc3ccccc3o2)c(C)o1. The highest BCUT2D eigenvalue weighted by molar-refractivity contribution is 7.98. The van der Waals surface area contributed by atoms with Crippen LogP contribution in [-0.2, 0) is 5.75 Å². The van der Waals surface area contributed by atoms with Gasteiger partial charge in [0, 0.05) is 16.9 Å². The number of nitrogens with one attached hydrogen (secondary N) is 1. The molecule has 4 aromatic rings. The Hall–Kier alpha value is -2.99. The van der Waals surface area contributed by atoms with Crippen molar-refractivity contribution in [3.05, 3.63) is 82.8 Å². The second kappa shape index (κ2) is 8.17. The van der Waals surface area contributed by atoms with Gasteiger partial charge in [0.05, 0.1) is 6.04 Å². The summed E-state index contributed by atoms with van der Waals surface area (Å²) >= 11 is 1.48. The van der Waals surface area contributed by atoms with Crippen molar-refractivity contribution in [2.45, 2.75) is 37.8 Å². The number of oxazole rings is 1. The maximum absolute atomic E-state index is 12.9. The second-order valence-electron chi connectivity index (χ2n) is 6.96. The summed E-state index contributed by atoms with van der Waals surface area (Å²) in [5, 5.41) is 3.68. The second-order valence-corrected chi connectivity index (χ2v) is 7.88. The van der Waals surface area contributed by atoms with E-state index in [2.05, 4.69) is 10.3 Å². The molecule has 4 rings (SSSR count). The first-order valence-electron chi connectivity index (χ1n) is 9.45. The summed E-state index contributed by atoms with van der Waals surface area (Å²) in [5.41, 5.74) is 4.18. The molecule has 148 valence electrons. The minimum Gasteiger partial charge on any atom is -0.466 e. The van der Waals surface area contributed by atoms with E-state index in [0.29, 0.717) is 16.5 Å². The molecule has 0 saturated heterocycles. The van der Waals surface area contributed by atoms with Crippen molar-refractivity contribution in [1.82, 2.24) is 10.3 Å². The normalized spacial score (nSPS) is 12.2. The number of benzene rings is 2. The Morgan fingerprint density at radius 2 is 1.86 bits per heavy atom. The summed E-state index contributed by atoms with van der Waals surface area (Å²) in [6.45, 7) is 5.78. The lowest BCUT2D eigenvalue weighted by Gasteiger charge is -2.15. The van der Waals surface area contributed by atoms with Crippen LogP contribution in [0.2, 0.25) is 0 Å². The fourth-order valence-electron chi connectivity index (χ4n) is 3.35. The van der Waals surface area contributed by atoms with Crippen LogP contribution in [0.1, 0.15) is 46.0 Å². The van der Waals surface area contributed by atoms with Crippen molar-refractivity contribution < 1.29 is 13.6 Å². The number of carbonyl (C=O) groups is 1. The molecule has 5 nitrogen and oxygen atoms in total. The number of furan rings is 1. The Morgan fingerprint density at radius 3 is 2.62 bits per heavy atom. The number of aryl methyl sites for hydroxylation is 2. The van der Waals surface area contributed by atoms with E-state index < -0.39 is 0 Å². The maximum Gasteiger partial charge on any atom is 0.257 e. The number of amides is 1. The van der Waals surface area contributed by atoms with Crippen molar-refractivity contribution in [1.29, 1.82) is 0 Å². The summed E-state index contributed by atoms with van der Waals surface area (Å²) in [5.74, 6) is 2.16. The number of para-hydroxylation sites is 2. The summed E-state index contributed by atoms with van der Waals surface area (Å²) in [4.78, 5) is 17.4. The molecule has 2 heterocycles. The van der Waals surface area contributed by atoms with Gasteiger partial charge in [0.25, 0.3) is 11.1 Å². The number of carbonyl (C=O) groups excluding carboxylic acids is 1. The number of hydrogen-bond donors (Lipinski definition) is 1. The van der Waals surface area contributed by atoms with Crippen LogP contribution in [0.25, 0.3) is 11.1 Å². The van der Waals surface area contributed by atoms with E-state index >= 15 is 0 Å². The third-order valence-corrected chi connectivity index (χ3v) is 5.66. The van der Waals surface area contributed by atoms with Gasteiger partial charge in [-0.05, 0) is 50.6 Å². The van der Waals surface area contributed by atoms with E-state index in [4.69, 9.17) is 8.83 Å². The van der Waals surface area contributed by atoms with Crippen LogP contribution in [0, 0.1) is 13.8 Å². The van der Waals surface area contributed by atoms with Crippen LogP contribution >= 0.6 is 11.8 Å². The van der Waals surface area contributed by atoms with Crippen LogP contribution in [0.4, 0.5) is 0 Å². The molecule has 0 spiro atoms. The molecule has 2 aromatic heterocycles. The van der Waals surface area contributed by atoms with E-state index in [1.165, 1.54) is 11.8 Å². The van der Waals surface area contributed by atoms with Crippen LogP contribution in [0.5, 0.6) is 0 Å². The Bertz CT molecular complexity index is 1130. The molecular formula is C23H22N2O3S. The molecule has 0 aliphatic heterocycles. The Kier molecular flexibility index (Phi) is 5.45. The summed E-state index contributed by atoms with van der Waals surface area (Å²) in [6.07, 6.45) is 0. The molecule has 1 N–H and O–H groups in total. The summed E-state index contributed by atoms with van der Waals surface area (Å²) in [7, 11) is 0. The topological polar surface area (TPSA) is 68.3 Å². The number of thioether (sulfide) groups is 1. The average Bonchev–Trinajstić information content (AvgIpc) is 3.28. The van der Waals surface area contributed by atoms with E-state index in [0.717, 1.165) is 33.7 Å². The lowest BCUT2D eigenvalue weighted by Crippen LogP contribution is -2.27. The Morgan fingerprint density at radius 1 is 1.10 bits per heavy atom. The lowest BCUT2D eigenvalue weighted by atomic mass is 10.1. The third kappa shape index (κ3) is 4.22. The molecule has 0 aliphatic carbocycles. The molecule has 2 aromatic carbocycles. The van der Waals surface area contributed by atoms with Crippen LogP contribution in [0.15, 0.2) is 68.7 Å². The van der Waals surface area contributed by atoms with Gasteiger partial charge in [0.15, 0.2) is 5.58 Å². The predicted molar refractivity (Wildman–Crippen MR) is 114 cm³/mol. The van der Waals surface area contributed by atoms with Gasteiger partial charge in [0.2, 0.25) is 0 Å². The molecule has 1 atom stereocenters. The zero-order chi connectivity index (χ0) is 20.4. The molecule has 0 radical (unpaired) electrons. The monoisotopic (exact) mass is 406 g/mol. The summed E-state index contributed by atoms with van der Waals surface area (Å²) in [6, 6.07) is 17.1. The number of aromatic nitrogens is 1. The molecule has 0 bridgehead atoms. The Balaban J connectivity index is 1.48. The molecule has 0 aliphatic rings. The molecule has 1 unspecified atom stereocenters. The first-order chi connectivity index (χ1) is 14.0. The van der Waals surface area contributed by atoms with Crippen molar-refractivity contribution in [3.8, 4) is 0 Å². The number of nitrogens with zero attached hydrogens (tertiary/aromatic N) is 1. The first kappa shape index (κ1) is 19.3. The van der Waals surface area contributed by atoms with Gasteiger partial charge in [-0.15, -0.1) is 0 Å². The quantitative estimate of drug-likeness (QED) is 0.409. The lowest BCUT2D eigenvalue weighted by molar-refractivity contribution is 0.0939. The van der Waals surface area contributed by atoms with Crippen molar-refractivity contribution in [2.24, 2.45) is 0 Å². The summed E-state index contributed by atoms with van der Waals surface area (Å²) < 4.78 is 11.4. The molecule has 1 amide bonds. The zero-order valence-electron chi connectivity index (χ0n) is 16.6. The van der Waals surface area contributed by atoms with Gasteiger partial charge in [0.1, 0.15) is 17.0 Å². The molecular weight excluding hydrogens is 384 g/mol. The van der Waals surface area contributed by atoms with E-state index in [9.17, 15) is 4.79 Å². The predicted octanol–water partition coefficient (Wildman–Crippen LogP) is 5.82. The fraction of sp³-hybridized carbons (Fsp3) is 0.217. The smallest absolute Gasteiger partial charge is 0.257 e. The average molecular weight is 407 g/mol. The molecule has 0 saturated carbocycles. The minimum absolute atomic E-state index is 0.107. The van der Waals surface area contributed by atoms with Gasteiger partial charge in [-0.1, -0.05) is 42.1 Å². The third-order valence-electron chi connectivity index (χ3n) is 4.78. The van der Waals surface area contributed by atoms with Gasteiger partial charge in [-0.2, -0.15) is 0 Å². The van der Waals surface area contributed by atoms with E-state index in [-0.39, 0.29) is 11.9 Å². The number of fused-ring (bicyclic) bond motifs is 1. The van der Waals surface area contributed by atoms with Crippen molar-refractivity contribution in [2.75, 3.05) is 0 Å². The molecule has 29 heavy (non-hydrogen) atoms. The van der Waals surface area contributed by atoms with Crippen molar-refractivity contribution >= 4 is 28.8 Å². The van der Waals surface area contributed by atoms with Gasteiger partial charge in [-0.25, -0.2) is 4.98 Å². The van der Waals surface area contributed by atoms with Crippen LogP contribution in [-0.4, -0.2) is 10.9 Å². The molecule has 6 heteroatoms. The highest BCUT2D eigenvalue weighted by Gasteiger charge is 2.18. The first-order valence-corrected chi connectivity index (χ1v) is 10.4. The molecule has 0 fully saturated rings. The van der Waals surface area contributed by atoms with Crippen LogP contribution in [0.3, 0.4) is 0 Å². The highest BCUT2D eigenvalue weighted by atomic mass is 32.2. The van der Waals surface area contributed by atoms with Gasteiger partial charge >= 0.3 is 0 Å². The van der Waals surface area contributed by atoms with E-state index in [1.807, 2.05) is 75.4 Å². The number of hydrogen-bond acceptors (Lipinski definition) is 5. The van der Waals surface area contributed by atoms with Gasteiger partial charge < -0.3 is 14.2 Å². The minimum atomic E-state index is -0.141. The number of rotatable bonds is 6. The standard InChI is InChI=1S/C23H22N2O3S/c1-14-12-19(16(3)27-14)15(2)24-22(26)18-9-5-4-8-17(18)13-29-23-25-20-10-6-7-11-21(20)28-23/h4-12,15H,13H2,1-3H3,(H,24,26). The van der Waals surface area contributed by atoms with Crippen molar-refractivity contribution in [3.63, 3.8) is 0 Å². The Labute approximate surface area is 173 Å². The fourth-order valence-corrected chi connectivity index (χ4v) is 4.19. The van der Waals surface area contributed by atoms with Crippen LogP contribution < -0.4 is 5.32 Å². The maximum atomic E-state index is 12.9. The largest absolute Gasteiger partial charge is 0.466 e.